The Bertz CT molecular complexity index is 169. The van der Waals surface area contributed by atoms with Crippen LogP contribution in [0.25, 0.3) is 0 Å². The lowest BCUT2D eigenvalue weighted by Gasteiger charge is -2.48. The van der Waals surface area contributed by atoms with Gasteiger partial charge < -0.3 is 5.73 Å². The SMILES string of the molecule is CCCC(CN)(CCC)N(C)C1CCC1. The van der Waals surface area contributed by atoms with Crippen LogP contribution in [0.15, 0.2) is 0 Å². The van der Waals surface area contributed by atoms with E-state index in [-0.39, 0.29) is 5.54 Å². The zero-order valence-electron chi connectivity index (χ0n) is 10.8. The second-order valence-corrected chi connectivity index (χ2v) is 5.12. The first kappa shape index (κ1) is 13.0. The van der Waals surface area contributed by atoms with Crippen molar-refractivity contribution in [1.29, 1.82) is 0 Å². The minimum absolute atomic E-state index is 0.286. The third-order valence-electron chi connectivity index (χ3n) is 4.18. The third kappa shape index (κ3) is 2.73. The molecule has 15 heavy (non-hydrogen) atoms. The molecule has 1 aliphatic rings. The van der Waals surface area contributed by atoms with Crippen molar-refractivity contribution in [2.75, 3.05) is 13.6 Å². The van der Waals surface area contributed by atoms with Crippen molar-refractivity contribution in [2.45, 2.75) is 70.4 Å². The summed E-state index contributed by atoms with van der Waals surface area (Å²) >= 11 is 0. The highest BCUT2D eigenvalue weighted by molar-refractivity contribution is 4.95. The van der Waals surface area contributed by atoms with Crippen LogP contribution in [0.2, 0.25) is 0 Å². The first-order valence-corrected chi connectivity index (χ1v) is 6.63. The van der Waals surface area contributed by atoms with E-state index >= 15 is 0 Å². The van der Waals surface area contributed by atoms with Gasteiger partial charge in [0.15, 0.2) is 0 Å². The van der Waals surface area contributed by atoms with Gasteiger partial charge in [0.05, 0.1) is 0 Å². The van der Waals surface area contributed by atoms with Crippen LogP contribution in [0.1, 0.15) is 58.8 Å². The van der Waals surface area contributed by atoms with E-state index in [1.54, 1.807) is 0 Å². The standard InChI is InChI=1S/C13H28N2/c1-4-9-13(11-14,10-5-2)15(3)12-7-6-8-12/h12H,4-11,14H2,1-3H3. The summed E-state index contributed by atoms with van der Waals surface area (Å²) < 4.78 is 0. The van der Waals surface area contributed by atoms with Crippen LogP contribution in [0.5, 0.6) is 0 Å². The second kappa shape index (κ2) is 5.86. The van der Waals surface area contributed by atoms with Crippen LogP contribution in [-0.4, -0.2) is 30.1 Å². The number of hydrogen-bond acceptors (Lipinski definition) is 2. The Hall–Kier alpha value is -0.0800. The normalized spacial score (nSPS) is 18.2. The highest BCUT2D eigenvalue weighted by atomic mass is 15.2. The highest BCUT2D eigenvalue weighted by Gasteiger charge is 2.37. The molecular formula is C13H28N2. The third-order valence-corrected chi connectivity index (χ3v) is 4.18. The van der Waals surface area contributed by atoms with Crippen LogP contribution >= 0.6 is 0 Å². The maximum atomic E-state index is 6.06. The molecule has 0 saturated heterocycles. The molecule has 0 spiro atoms. The Balaban J connectivity index is 2.65. The lowest BCUT2D eigenvalue weighted by molar-refractivity contribution is 0.0247. The minimum atomic E-state index is 0.286. The van der Waals surface area contributed by atoms with Gasteiger partial charge in [0.25, 0.3) is 0 Å². The minimum Gasteiger partial charge on any atom is -0.329 e. The summed E-state index contributed by atoms with van der Waals surface area (Å²) in [4.78, 5) is 2.60. The number of likely N-dealkylation sites (N-methyl/N-ethyl adjacent to an activating group) is 1. The molecule has 0 bridgehead atoms. The molecule has 0 aromatic rings. The van der Waals surface area contributed by atoms with E-state index in [4.69, 9.17) is 5.73 Å². The van der Waals surface area contributed by atoms with Gasteiger partial charge in [0, 0.05) is 18.1 Å². The Morgan fingerprint density at radius 3 is 2.00 bits per heavy atom. The molecule has 0 aromatic heterocycles. The van der Waals surface area contributed by atoms with Gasteiger partial charge in [-0.25, -0.2) is 0 Å². The molecule has 1 saturated carbocycles. The van der Waals surface area contributed by atoms with Crippen LogP contribution in [-0.2, 0) is 0 Å². The lowest BCUT2D eigenvalue weighted by atomic mass is 9.81. The van der Waals surface area contributed by atoms with Crippen molar-refractivity contribution < 1.29 is 0 Å². The summed E-state index contributed by atoms with van der Waals surface area (Å²) in [5.74, 6) is 0. The van der Waals surface area contributed by atoms with E-state index < -0.39 is 0 Å². The predicted molar refractivity (Wildman–Crippen MR) is 67.0 cm³/mol. The Morgan fingerprint density at radius 2 is 1.73 bits per heavy atom. The first-order valence-electron chi connectivity index (χ1n) is 6.63. The van der Waals surface area contributed by atoms with Gasteiger partial charge in [-0.2, -0.15) is 0 Å². The van der Waals surface area contributed by atoms with Crippen LogP contribution in [0, 0.1) is 0 Å². The molecule has 90 valence electrons. The van der Waals surface area contributed by atoms with Gasteiger partial charge in [-0.05, 0) is 32.7 Å². The molecule has 2 nitrogen and oxygen atoms in total. The number of rotatable bonds is 7. The van der Waals surface area contributed by atoms with Crippen molar-refractivity contribution in [3.8, 4) is 0 Å². The maximum Gasteiger partial charge on any atom is 0.0331 e. The van der Waals surface area contributed by atoms with Gasteiger partial charge in [0.1, 0.15) is 0 Å². The van der Waals surface area contributed by atoms with E-state index in [1.807, 2.05) is 0 Å². The molecule has 0 amide bonds. The first-order chi connectivity index (χ1) is 7.20. The second-order valence-electron chi connectivity index (χ2n) is 5.12. The largest absolute Gasteiger partial charge is 0.329 e. The lowest BCUT2D eigenvalue weighted by Crippen LogP contribution is -2.57. The van der Waals surface area contributed by atoms with Crippen LogP contribution < -0.4 is 5.73 Å². The highest BCUT2D eigenvalue weighted by Crippen LogP contribution is 2.33. The van der Waals surface area contributed by atoms with Gasteiger partial charge in [-0.15, -0.1) is 0 Å². The van der Waals surface area contributed by atoms with E-state index in [9.17, 15) is 0 Å². The van der Waals surface area contributed by atoms with E-state index in [2.05, 4.69) is 25.8 Å². The van der Waals surface area contributed by atoms with Crippen molar-refractivity contribution in [3.63, 3.8) is 0 Å². The fourth-order valence-electron chi connectivity index (χ4n) is 2.92. The average molecular weight is 212 g/mol. The summed E-state index contributed by atoms with van der Waals surface area (Å²) in [6.45, 7) is 5.37. The maximum absolute atomic E-state index is 6.06. The molecule has 2 heteroatoms. The van der Waals surface area contributed by atoms with Gasteiger partial charge in [-0.1, -0.05) is 33.1 Å². The monoisotopic (exact) mass is 212 g/mol. The van der Waals surface area contributed by atoms with Gasteiger partial charge in [-0.3, -0.25) is 4.90 Å². The van der Waals surface area contributed by atoms with Crippen molar-refractivity contribution in [1.82, 2.24) is 4.90 Å². The fraction of sp³-hybridized carbons (Fsp3) is 1.00. The van der Waals surface area contributed by atoms with Crippen LogP contribution in [0.3, 0.4) is 0 Å². The van der Waals surface area contributed by atoms with Crippen LogP contribution in [0.4, 0.5) is 0 Å². The summed E-state index contributed by atoms with van der Waals surface area (Å²) in [5, 5.41) is 0. The number of hydrogen-bond donors (Lipinski definition) is 1. The number of nitrogens with two attached hydrogens (primary N) is 1. The molecule has 0 aromatic carbocycles. The molecule has 0 unspecified atom stereocenters. The summed E-state index contributed by atoms with van der Waals surface area (Å²) in [6.07, 6.45) is 9.17. The molecule has 0 radical (unpaired) electrons. The molecule has 1 aliphatic carbocycles. The Labute approximate surface area is 95.2 Å². The predicted octanol–water partition coefficient (Wildman–Crippen LogP) is 2.77. The van der Waals surface area contributed by atoms with Crippen molar-refractivity contribution in [3.05, 3.63) is 0 Å². The average Bonchev–Trinajstić information content (AvgIpc) is 2.14. The summed E-state index contributed by atoms with van der Waals surface area (Å²) in [7, 11) is 2.29. The summed E-state index contributed by atoms with van der Waals surface area (Å²) in [6, 6.07) is 0.812. The Kier molecular flexibility index (Phi) is 5.07. The molecule has 1 fully saturated rings. The van der Waals surface area contributed by atoms with E-state index in [0.717, 1.165) is 12.6 Å². The van der Waals surface area contributed by atoms with E-state index in [1.165, 1.54) is 44.9 Å². The molecule has 2 N–H and O–H groups in total. The topological polar surface area (TPSA) is 29.3 Å². The Morgan fingerprint density at radius 1 is 1.20 bits per heavy atom. The molecule has 0 atom stereocenters. The fourth-order valence-corrected chi connectivity index (χ4v) is 2.92. The zero-order chi connectivity index (χ0) is 11.3. The van der Waals surface area contributed by atoms with Gasteiger partial charge >= 0.3 is 0 Å². The van der Waals surface area contributed by atoms with Crippen molar-refractivity contribution >= 4 is 0 Å². The molecule has 0 aliphatic heterocycles. The summed E-state index contributed by atoms with van der Waals surface area (Å²) in [5.41, 5.74) is 6.34. The smallest absolute Gasteiger partial charge is 0.0331 e. The molecule has 0 heterocycles. The molecule has 1 rings (SSSR count). The quantitative estimate of drug-likeness (QED) is 0.703. The van der Waals surface area contributed by atoms with Gasteiger partial charge in [0.2, 0.25) is 0 Å². The zero-order valence-corrected chi connectivity index (χ0v) is 10.8. The number of nitrogens with zero attached hydrogens (tertiary/aromatic N) is 1. The molecular weight excluding hydrogens is 184 g/mol. The van der Waals surface area contributed by atoms with Crippen molar-refractivity contribution in [2.24, 2.45) is 5.73 Å². The van der Waals surface area contributed by atoms with E-state index in [0.29, 0.717) is 0 Å².